The van der Waals surface area contributed by atoms with Crippen LogP contribution in [0.2, 0.25) is 0 Å². The number of alkyl halides is 2. The maximum Gasteiger partial charge on any atom is 0.387 e. The highest BCUT2D eigenvalue weighted by atomic mass is 19.3. The number of halogens is 2. The van der Waals surface area contributed by atoms with Gasteiger partial charge in [-0.2, -0.15) is 8.78 Å². The van der Waals surface area contributed by atoms with Crippen LogP contribution < -0.4 is 20.1 Å². The lowest BCUT2D eigenvalue weighted by Crippen LogP contribution is -2.38. The number of methoxy groups -OCH3 is 1. The van der Waals surface area contributed by atoms with E-state index in [1.165, 1.54) is 25.3 Å². The molecule has 0 aliphatic heterocycles. The van der Waals surface area contributed by atoms with E-state index in [1.54, 1.807) is 0 Å². The second-order valence-corrected chi connectivity index (χ2v) is 6.58. The summed E-state index contributed by atoms with van der Waals surface area (Å²) in [5.74, 6) is -1.08. The van der Waals surface area contributed by atoms with Crippen molar-refractivity contribution >= 4 is 11.8 Å². The zero-order valence-electron chi connectivity index (χ0n) is 16.7. The average molecular weight is 406 g/mol. The van der Waals surface area contributed by atoms with E-state index < -0.39 is 12.5 Å². The topological polar surface area (TPSA) is 76.7 Å². The number of hydrogen-bond donors (Lipinski definition) is 2. The van der Waals surface area contributed by atoms with Crippen molar-refractivity contribution in [3.8, 4) is 11.5 Å². The number of aryl methyl sites for hydroxylation is 2. The molecule has 1 unspecified atom stereocenters. The van der Waals surface area contributed by atoms with E-state index in [1.807, 2.05) is 39.0 Å². The van der Waals surface area contributed by atoms with Crippen LogP contribution >= 0.6 is 0 Å². The molecule has 0 saturated carbocycles. The first-order valence-electron chi connectivity index (χ1n) is 8.98. The molecule has 8 heteroatoms. The van der Waals surface area contributed by atoms with Crippen molar-refractivity contribution in [1.82, 2.24) is 10.6 Å². The minimum Gasteiger partial charge on any atom is -0.493 e. The van der Waals surface area contributed by atoms with Gasteiger partial charge >= 0.3 is 6.61 Å². The SMILES string of the molecule is COc1cc(C(=O)NCC(=O)NC(C)c2cc(C)ccc2C)ccc1OC(F)F. The standard InChI is InChI=1S/C21H24F2N2O4/c1-12-5-6-13(2)16(9-12)14(3)25-19(26)11-24-20(27)15-7-8-17(29-21(22)23)18(10-15)28-4/h5-10,14,21H,11H2,1-4H3,(H,24,27)(H,25,26). The minimum absolute atomic E-state index is 0.00838. The Morgan fingerprint density at radius 1 is 1.07 bits per heavy atom. The highest BCUT2D eigenvalue weighted by molar-refractivity contribution is 5.97. The first-order chi connectivity index (χ1) is 13.7. The molecule has 0 heterocycles. The van der Waals surface area contributed by atoms with Crippen molar-refractivity contribution in [1.29, 1.82) is 0 Å². The average Bonchev–Trinajstić information content (AvgIpc) is 2.67. The maximum atomic E-state index is 12.4. The Balaban J connectivity index is 1.96. The molecule has 1 atom stereocenters. The lowest BCUT2D eigenvalue weighted by atomic mass is 10.00. The molecule has 0 saturated heterocycles. The first kappa shape index (κ1) is 22.1. The molecule has 2 rings (SSSR count). The van der Waals surface area contributed by atoms with Crippen molar-refractivity contribution in [2.45, 2.75) is 33.4 Å². The van der Waals surface area contributed by atoms with Gasteiger partial charge in [0.15, 0.2) is 11.5 Å². The number of ether oxygens (including phenoxy) is 2. The van der Waals surface area contributed by atoms with Crippen LogP contribution in [0.3, 0.4) is 0 Å². The molecule has 6 nitrogen and oxygen atoms in total. The quantitative estimate of drug-likeness (QED) is 0.703. The van der Waals surface area contributed by atoms with Gasteiger partial charge < -0.3 is 20.1 Å². The summed E-state index contributed by atoms with van der Waals surface area (Å²) in [5, 5.41) is 5.34. The number of carbonyl (C=O) groups excluding carboxylic acids is 2. The molecule has 2 N–H and O–H groups in total. The molecule has 2 aromatic carbocycles. The van der Waals surface area contributed by atoms with Gasteiger partial charge in [-0.3, -0.25) is 9.59 Å². The smallest absolute Gasteiger partial charge is 0.387 e. The van der Waals surface area contributed by atoms with Gasteiger partial charge in [-0.15, -0.1) is 0 Å². The summed E-state index contributed by atoms with van der Waals surface area (Å²) in [5.41, 5.74) is 3.31. The van der Waals surface area contributed by atoms with Crippen LogP contribution in [0, 0.1) is 13.8 Å². The zero-order chi connectivity index (χ0) is 21.6. The van der Waals surface area contributed by atoms with Crippen LogP contribution in [-0.2, 0) is 4.79 Å². The molecule has 0 fully saturated rings. The predicted octanol–water partition coefficient (Wildman–Crippen LogP) is 3.52. The highest BCUT2D eigenvalue weighted by Crippen LogP contribution is 2.29. The Bertz CT molecular complexity index is 887. The van der Waals surface area contributed by atoms with Gasteiger partial charge in [-0.1, -0.05) is 23.8 Å². The molecule has 0 aliphatic rings. The van der Waals surface area contributed by atoms with E-state index in [0.717, 1.165) is 16.7 Å². The monoisotopic (exact) mass is 406 g/mol. The van der Waals surface area contributed by atoms with Crippen LogP contribution in [0.5, 0.6) is 11.5 Å². The van der Waals surface area contributed by atoms with Crippen LogP contribution in [-0.4, -0.2) is 32.1 Å². The largest absolute Gasteiger partial charge is 0.493 e. The summed E-state index contributed by atoms with van der Waals surface area (Å²) in [6, 6.07) is 9.57. The van der Waals surface area contributed by atoms with Crippen molar-refractivity contribution < 1.29 is 27.8 Å². The lowest BCUT2D eigenvalue weighted by molar-refractivity contribution is -0.120. The molecule has 2 aromatic rings. The molecule has 2 amide bonds. The fourth-order valence-corrected chi connectivity index (χ4v) is 2.86. The minimum atomic E-state index is -3.01. The van der Waals surface area contributed by atoms with E-state index in [2.05, 4.69) is 15.4 Å². The van der Waals surface area contributed by atoms with Crippen LogP contribution in [0.15, 0.2) is 36.4 Å². The third-order valence-electron chi connectivity index (χ3n) is 4.33. The molecular formula is C21H24F2N2O4. The van der Waals surface area contributed by atoms with Crippen molar-refractivity contribution in [2.24, 2.45) is 0 Å². The van der Waals surface area contributed by atoms with E-state index in [-0.39, 0.29) is 35.6 Å². The van der Waals surface area contributed by atoms with Gasteiger partial charge in [0.25, 0.3) is 5.91 Å². The predicted molar refractivity (Wildman–Crippen MR) is 104 cm³/mol. The Morgan fingerprint density at radius 2 is 1.79 bits per heavy atom. The number of benzene rings is 2. The Labute approximate surface area is 168 Å². The Kier molecular flexibility index (Phi) is 7.52. The molecule has 0 radical (unpaired) electrons. The van der Waals surface area contributed by atoms with Crippen molar-refractivity contribution in [2.75, 3.05) is 13.7 Å². The lowest BCUT2D eigenvalue weighted by Gasteiger charge is -2.17. The number of amides is 2. The summed E-state index contributed by atoms with van der Waals surface area (Å²) in [4.78, 5) is 24.5. The number of carbonyl (C=O) groups is 2. The maximum absolute atomic E-state index is 12.4. The second kappa shape index (κ2) is 9.86. The molecule has 0 bridgehead atoms. The molecule has 0 aromatic heterocycles. The fraction of sp³-hybridized carbons (Fsp3) is 0.333. The van der Waals surface area contributed by atoms with E-state index >= 15 is 0 Å². The van der Waals surface area contributed by atoms with Crippen molar-refractivity contribution in [3.63, 3.8) is 0 Å². The van der Waals surface area contributed by atoms with Gasteiger partial charge in [0.1, 0.15) is 0 Å². The molecule has 0 spiro atoms. The second-order valence-electron chi connectivity index (χ2n) is 6.58. The summed E-state index contributed by atoms with van der Waals surface area (Å²) in [6.45, 7) is 2.57. The summed E-state index contributed by atoms with van der Waals surface area (Å²) in [6.07, 6.45) is 0. The Morgan fingerprint density at radius 3 is 2.45 bits per heavy atom. The van der Waals surface area contributed by atoms with Gasteiger partial charge in [-0.05, 0) is 50.1 Å². The van der Waals surface area contributed by atoms with E-state index in [0.29, 0.717) is 0 Å². The summed E-state index contributed by atoms with van der Waals surface area (Å²) >= 11 is 0. The number of hydrogen-bond acceptors (Lipinski definition) is 4. The third-order valence-corrected chi connectivity index (χ3v) is 4.33. The third kappa shape index (κ3) is 6.17. The molecular weight excluding hydrogens is 382 g/mol. The molecule has 0 aliphatic carbocycles. The molecule has 29 heavy (non-hydrogen) atoms. The Hall–Kier alpha value is -3.16. The molecule has 156 valence electrons. The van der Waals surface area contributed by atoms with Gasteiger partial charge in [-0.25, -0.2) is 0 Å². The van der Waals surface area contributed by atoms with Gasteiger partial charge in [0.2, 0.25) is 5.91 Å². The van der Waals surface area contributed by atoms with Crippen LogP contribution in [0.25, 0.3) is 0 Å². The van der Waals surface area contributed by atoms with E-state index in [4.69, 9.17) is 4.74 Å². The van der Waals surface area contributed by atoms with Crippen LogP contribution in [0.4, 0.5) is 8.78 Å². The van der Waals surface area contributed by atoms with Gasteiger partial charge in [0, 0.05) is 5.56 Å². The van der Waals surface area contributed by atoms with Crippen LogP contribution in [0.1, 0.15) is 40.0 Å². The number of nitrogens with one attached hydrogen (secondary N) is 2. The summed E-state index contributed by atoms with van der Waals surface area (Å²) in [7, 11) is 1.28. The highest BCUT2D eigenvalue weighted by Gasteiger charge is 2.16. The first-order valence-corrected chi connectivity index (χ1v) is 8.98. The summed E-state index contributed by atoms with van der Waals surface area (Å²) < 4.78 is 34.0. The van der Waals surface area contributed by atoms with Crippen molar-refractivity contribution in [3.05, 3.63) is 58.7 Å². The number of rotatable bonds is 8. The zero-order valence-corrected chi connectivity index (χ0v) is 16.7. The fourth-order valence-electron chi connectivity index (χ4n) is 2.86. The van der Waals surface area contributed by atoms with E-state index in [9.17, 15) is 18.4 Å². The normalized spacial score (nSPS) is 11.7. The van der Waals surface area contributed by atoms with Gasteiger partial charge in [0.05, 0.1) is 19.7 Å².